The summed E-state index contributed by atoms with van der Waals surface area (Å²) in [6.07, 6.45) is 5.78. The highest BCUT2D eigenvalue weighted by Crippen LogP contribution is 2.29. The fourth-order valence-corrected chi connectivity index (χ4v) is 3.03. The average Bonchev–Trinajstić information content (AvgIpc) is 2.47. The molecule has 0 saturated heterocycles. The van der Waals surface area contributed by atoms with Gasteiger partial charge in [-0.25, -0.2) is 0 Å². The third-order valence-corrected chi connectivity index (χ3v) is 4.16. The first-order valence-corrected chi connectivity index (χ1v) is 7.29. The molecule has 1 saturated carbocycles. The molecule has 4 nitrogen and oxygen atoms in total. The highest BCUT2D eigenvalue weighted by Gasteiger charge is 2.20. The fourth-order valence-electron chi connectivity index (χ4n) is 3.03. The summed E-state index contributed by atoms with van der Waals surface area (Å²) in [7, 11) is 0. The highest BCUT2D eigenvalue weighted by atomic mass is 16.3. The molecule has 2 aromatic rings. The van der Waals surface area contributed by atoms with E-state index in [1.54, 1.807) is 6.20 Å². The van der Waals surface area contributed by atoms with Gasteiger partial charge in [0.05, 0.1) is 23.0 Å². The van der Waals surface area contributed by atoms with Crippen molar-refractivity contribution in [2.45, 2.75) is 31.8 Å². The molecule has 1 aromatic heterocycles. The summed E-state index contributed by atoms with van der Waals surface area (Å²) in [5.74, 6) is 0.530. The molecule has 1 fully saturated rings. The number of aromatic nitrogens is 1. The molecule has 4 N–H and O–H groups in total. The van der Waals surface area contributed by atoms with Gasteiger partial charge in [-0.3, -0.25) is 4.98 Å². The molecule has 1 aliphatic rings. The van der Waals surface area contributed by atoms with Gasteiger partial charge in [-0.05, 0) is 49.4 Å². The van der Waals surface area contributed by atoms with E-state index >= 15 is 0 Å². The number of anilines is 2. The van der Waals surface area contributed by atoms with Crippen LogP contribution in [0.1, 0.15) is 25.7 Å². The van der Waals surface area contributed by atoms with Crippen LogP contribution in [0.25, 0.3) is 10.9 Å². The minimum atomic E-state index is -0.131. The number of pyridine rings is 1. The van der Waals surface area contributed by atoms with Crippen LogP contribution in [-0.4, -0.2) is 22.7 Å². The number of aliphatic hydroxyl groups excluding tert-OH is 1. The maximum Gasteiger partial charge on any atom is 0.0724 e. The lowest BCUT2D eigenvalue weighted by Crippen LogP contribution is -2.25. The topological polar surface area (TPSA) is 71.2 Å². The van der Waals surface area contributed by atoms with Gasteiger partial charge in [-0.2, -0.15) is 0 Å². The van der Waals surface area contributed by atoms with Crippen LogP contribution in [0.2, 0.25) is 0 Å². The van der Waals surface area contributed by atoms with E-state index in [4.69, 9.17) is 5.73 Å². The van der Waals surface area contributed by atoms with Crippen LogP contribution in [0.4, 0.5) is 11.4 Å². The Labute approximate surface area is 119 Å². The number of hydrogen-bond acceptors (Lipinski definition) is 4. The van der Waals surface area contributed by atoms with E-state index < -0.39 is 0 Å². The number of nitrogens with zero attached hydrogens (tertiary/aromatic N) is 1. The monoisotopic (exact) mass is 271 g/mol. The SMILES string of the molecule is Nc1c(NCC2CCCC(O)C2)ccc2ncccc12. The third kappa shape index (κ3) is 2.70. The van der Waals surface area contributed by atoms with Crippen molar-refractivity contribution >= 4 is 22.3 Å². The molecule has 0 amide bonds. The molecule has 2 unspecified atom stereocenters. The van der Waals surface area contributed by atoms with Crippen molar-refractivity contribution < 1.29 is 5.11 Å². The molecule has 0 spiro atoms. The van der Waals surface area contributed by atoms with Gasteiger partial charge in [0.25, 0.3) is 0 Å². The summed E-state index contributed by atoms with van der Waals surface area (Å²) in [4.78, 5) is 4.30. The molecular formula is C16H21N3O. The minimum absolute atomic E-state index is 0.131. The molecule has 0 aliphatic heterocycles. The van der Waals surface area contributed by atoms with Crippen molar-refractivity contribution in [2.75, 3.05) is 17.6 Å². The molecule has 0 radical (unpaired) electrons. The Balaban J connectivity index is 1.72. The van der Waals surface area contributed by atoms with E-state index in [1.807, 2.05) is 24.3 Å². The number of nitrogens with two attached hydrogens (primary N) is 1. The van der Waals surface area contributed by atoms with Crippen molar-refractivity contribution in [3.63, 3.8) is 0 Å². The lowest BCUT2D eigenvalue weighted by atomic mass is 9.87. The largest absolute Gasteiger partial charge is 0.397 e. The van der Waals surface area contributed by atoms with Crippen LogP contribution in [-0.2, 0) is 0 Å². The van der Waals surface area contributed by atoms with Crippen molar-refractivity contribution in [1.82, 2.24) is 4.98 Å². The Morgan fingerprint density at radius 1 is 1.30 bits per heavy atom. The smallest absolute Gasteiger partial charge is 0.0724 e. The van der Waals surface area contributed by atoms with Gasteiger partial charge < -0.3 is 16.2 Å². The average molecular weight is 271 g/mol. The second kappa shape index (κ2) is 5.67. The Hall–Kier alpha value is -1.81. The maximum absolute atomic E-state index is 9.71. The first-order chi connectivity index (χ1) is 9.74. The lowest BCUT2D eigenvalue weighted by Gasteiger charge is -2.26. The third-order valence-electron chi connectivity index (χ3n) is 4.16. The van der Waals surface area contributed by atoms with E-state index in [1.165, 1.54) is 6.42 Å². The first-order valence-electron chi connectivity index (χ1n) is 7.29. The van der Waals surface area contributed by atoms with E-state index in [2.05, 4.69) is 10.3 Å². The Kier molecular flexibility index (Phi) is 3.74. The zero-order valence-electron chi connectivity index (χ0n) is 11.5. The molecule has 106 valence electrons. The number of rotatable bonds is 3. The number of aliphatic hydroxyl groups is 1. The van der Waals surface area contributed by atoms with E-state index in [-0.39, 0.29) is 6.10 Å². The summed E-state index contributed by atoms with van der Waals surface area (Å²) in [5.41, 5.74) is 8.85. The van der Waals surface area contributed by atoms with Gasteiger partial charge in [0.15, 0.2) is 0 Å². The zero-order valence-corrected chi connectivity index (χ0v) is 11.5. The second-order valence-corrected chi connectivity index (χ2v) is 5.66. The Bertz CT molecular complexity index is 599. The summed E-state index contributed by atoms with van der Waals surface area (Å²) < 4.78 is 0. The quantitative estimate of drug-likeness (QED) is 0.751. The van der Waals surface area contributed by atoms with Crippen LogP contribution >= 0.6 is 0 Å². The van der Waals surface area contributed by atoms with E-state index in [0.717, 1.165) is 48.1 Å². The standard InChI is InChI=1S/C16H21N3O/c17-16-13-5-2-8-18-14(13)6-7-15(16)19-10-11-3-1-4-12(20)9-11/h2,5-8,11-12,19-20H,1,3-4,9-10,17H2. The van der Waals surface area contributed by atoms with Crippen LogP contribution in [0.5, 0.6) is 0 Å². The summed E-state index contributed by atoms with van der Waals surface area (Å²) in [6.45, 7) is 0.868. The van der Waals surface area contributed by atoms with Crippen molar-refractivity contribution in [3.8, 4) is 0 Å². The van der Waals surface area contributed by atoms with Gasteiger partial charge in [-0.1, -0.05) is 6.42 Å². The first kappa shape index (κ1) is 13.2. The molecule has 3 rings (SSSR count). The van der Waals surface area contributed by atoms with Crippen LogP contribution in [0.3, 0.4) is 0 Å². The normalized spacial score (nSPS) is 22.9. The van der Waals surface area contributed by atoms with E-state index in [0.29, 0.717) is 5.92 Å². The number of nitrogen functional groups attached to an aromatic ring is 1. The van der Waals surface area contributed by atoms with Gasteiger partial charge in [0.2, 0.25) is 0 Å². The number of benzene rings is 1. The van der Waals surface area contributed by atoms with Crippen LogP contribution in [0.15, 0.2) is 30.5 Å². The zero-order chi connectivity index (χ0) is 13.9. The summed E-state index contributed by atoms with van der Waals surface area (Å²) in [5, 5.41) is 14.1. The van der Waals surface area contributed by atoms with Crippen LogP contribution in [0, 0.1) is 5.92 Å². The molecule has 1 heterocycles. The summed E-state index contributed by atoms with van der Waals surface area (Å²) in [6, 6.07) is 7.88. The maximum atomic E-state index is 9.71. The minimum Gasteiger partial charge on any atom is -0.397 e. The Morgan fingerprint density at radius 2 is 2.20 bits per heavy atom. The molecule has 2 atom stereocenters. The molecular weight excluding hydrogens is 250 g/mol. The van der Waals surface area contributed by atoms with Crippen molar-refractivity contribution in [2.24, 2.45) is 5.92 Å². The van der Waals surface area contributed by atoms with Gasteiger partial charge in [0.1, 0.15) is 0 Å². The Morgan fingerprint density at radius 3 is 3.05 bits per heavy atom. The fraction of sp³-hybridized carbons (Fsp3) is 0.438. The van der Waals surface area contributed by atoms with E-state index in [9.17, 15) is 5.11 Å². The predicted octanol–water partition coefficient (Wildman–Crippen LogP) is 2.78. The number of fused-ring (bicyclic) bond motifs is 1. The summed E-state index contributed by atoms with van der Waals surface area (Å²) >= 11 is 0. The predicted molar refractivity (Wildman–Crippen MR) is 82.6 cm³/mol. The molecule has 4 heteroatoms. The van der Waals surface area contributed by atoms with Crippen molar-refractivity contribution in [1.29, 1.82) is 0 Å². The highest BCUT2D eigenvalue weighted by molar-refractivity contribution is 5.96. The van der Waals surface area contributed by atoms with Gasteiger partial charge in [-0.15, -0.1) is 0 Å². The molecule has 1 aromatic carbocycles. The van der Waals surface area contributed by atoms with Crippen molar-refractivity contribution in [3.05, 3.63) is 30.5 Å². The van der Waals surface area contributed by atoms with Gasteiger partial charge >= 0.3 is 0 Å². The van der Waals surface area contributed by atoms with Gasteiger partial charge in [0, 0.05) is 18.1 Å². The second-order valence-electron chi connectivity index (χ2n) is 5.66. The lowest BCUT2D eigenvalue weighted by molar-refractivity contribution is 0.105. The molecule has 0 bridgehead atoms. The number of nitrogens with one attached hydrogen (secondary N) is 1. The number of hydrogen-bond donors (Lipinski definition) is 3. The molecule has 20 heavy (non-hydrogen) atoms. The van der Waals surface area contributed by atoms with Crippen LogP contribution < -0.4 is 11.1 Å². The molecule has 1 aliphatic carbocycles.